The zero-order valence-electron chi connectivity index (χ0n) is 18.8. The van der Waals surface area contributed by atoms with Crippen LogP contribution < -0.4 is 9.47 Å². The molecule has 0 unspecified atom stereocenters. The van der Waals surface area contributed by atoms with E-state index in [0.717, 1.165) is 12.1 Å². The predicted molar refractivity (Wildman–Crippen MR) is 113 cm³/mol. The van der Waals surface area contributed by atoms with Crippen LogP contribution in [0, 0.1) is 0 Å². The Morgan fingerprint density at radius 3 is 2.24 bits per heavy atom. The maximum absolute atomic E-state index is 13.3. The molecule has 0 atom stereocenters. The van der Waals surface area contributed by atoms with E-state index in [4.69, 9.17) is 18.9 Å². The van der Waals surface area contributed by atoms with Crippen molar-refractivity contribution < 1.29 is 41.7 Å². The van der Waals surface area contributed by atoms with Crippen LogP contribution in [0.3, 0.4) is 0 Å². The van der Waals surface area contributed by atoms with Crippen molar-refractivity contribution in [3.8, 4) is 17.2 Å². The van der Waals surface area contributed by atoms with E-state index in [0.29, 0.717) is 11.3 Å². The van der Waals surface area contributed by atoms with Crippen molar-refractivity contribution in [2.75, 3.05) is 27.4 Å². The van der Waals surface area contributed by atoms with Crippen LogP contribution in [-0.2, 0) is 33.4 Å². The third-order valence-corrected chi connectivity index (χ3v) is 4.67. The lowest BCUT2D eigenvalue weighted by molar-refractivity contribution is -0.142. The molecule has 2 rings (SSSR count). The van der Waals surface area contributed by atoms with Crippen molar-refractivity contribution in [2.45, 2.75) is 33.0 Å². The van der Waals surface area contributed by atoms with Gasteiger partial charge in [0.1, 0.15) is 5.75 Å². The van der Waals surface area contributed by atoms with Crippen LogP contribution in [0.2, 0.25) is 0 Å². The van der Waals surface area contributed by atoms with Gasteiger partial charge in [0.2, 0.25) is 0 Å². The van der Waals surface area contributed by atoms with Gasteiger partial charge >= 0.3 is 18.2 Å². The smallest absolute Gasteiger partial charge is 0.416 e. The molecule has 0 radical (unpaired) electrons. The van der Waals surface area contributed by atoms with E-state index in [1.54, 1.807) is 32.0 Å². The first-order valence-corrected chi connectivity index (χ1v) is 10.2. The SMILES string of the molecule is CCOC(=O)Cc1ccc(OC)c(Oc2ccc(C(F)(F)F)cc2CN(CC)C(=O)OC)c1. The Morgan fingerprint density at radius 2 is 1.67 bits per heavy atom. The van der Waals surface area contributed by atoms with E-state index in [2.05, 4.69) is 0 Å². The predicted octanol–water partition coefficient (Wildman–Crippen LogP) is 5.20. The van der Waals surface area contributed by atoms with E-state index < -0.39 is 23.8 Å². The molecule has 0 heterocycles. The number of alkyl halides is 3. The second-order valence-corrected chi connectivity index (χ2v) is 6.87. The molecule has 33 heavy (non-hydrogen) atoms. The third-order valence-electron chi connectivity index (χ3n) is 4.67. The van der Waals surface area contributed by atoms with Gasteiger partial charge in [0.15, 0.2) is 11.5 Å². The molecule has 0 saturated heterocycles. The molecule has 0 aromatic heterocycles. The van der Waals surface area contributed by atoms with Gasteiger partial charge in [0.05, 0.1) is 39.4 Å². The summed E-state index contributed by atoms with van der Waals surface area (Å²) in [5.74, 6) is 0.174. The summed E-state index contributed by atoms with van der Waals surface area (Å²) in [5, 5.41) is 0. The first kappa shape index (κ1) is 25.8. The number of ether oxygens (including phenoxy) is 4. The van der Waals surface area contributed by atoms with Gasteiger partial charge in [0.25, 0.3) is 0 Å². The van der Waals surface area contributed by atoms with Crippen LogP contribution >= 0.6 is 0 Å². The number of rotatable bonds is 9. The van der Waals surface area contributed by atoms with E-state index >= 15 is 0 Å². The molecule has 1 amide bonds. The number of benzene rings is 2. The summed E-state index contributed by atoms with van der Waals surface area (Å²) in [5.41, 5.74) is -0.189. The Balaban J connectivity index is 2.46. The monoisotopic (exact) mass is 469 g/mol. The molecule has 7 nitrogen and oxygen atoms in total. The Hall–Kier alpha value is -3.43. The average molecular weight is 469 g/mol. The van der Waals surface area contributed by atoms with Crippen LogP contribution in [0.4, 0.5) is 18.0 Å². The number of nitrogens with zero attached hydrogens (tertiary/aromatic N) is 1. The van der Waals surface area contributed by atoms with E-state index in [1.165, 1.54) is 25.2 Å². The molecule has 0 aliphatic carbocycles. The van der Waals surface area contributed by atoms with Gasteiger partial charge in [0, 0.05) is 12.1 Å². The number of methoxy groups -OCH3 is 2. The first-order chi connectivity index (χ1) is 15.6. The van der Waals surface area contributed by atoms with Crippen molar-refractivity contribution in [2.24, 2.45) is 0 Å². The molecule has 0 fully saturated rings. The number of hydrogen-bond donors (Lipinski definition) is 0. The van der Waals surface area contributed by atoms with E-state index in [1.807, 2.05) is 0 Å². The van der Waals surface area contributed by atoms with Crippen molar-refractivity contribution in [1.29, 1.82) is 0 Å². The maximum atomic E-state index is 13.3. The Bertz CT molecular complexity index is 977. The molecule has 0 N–H and O–H groups in total. The zero-order valence-corrected chi connectivity index (χ0v) is 18.8. The summed E-state index contributed by atoms with van der Waals surface area (Å²) in [6.45, 7) is 3.64. The van der Waals surface area contributed by atoms with E-state index in [9.17, 15) is 22.8 Å². The molecule has 2 aromatic carbocycles. The van der Waals surface area contributed by atoms with Gasteiger partial charge in [-0.2, -0.15) is 13.2 Å². The molecule has 0 aliphatic rings. The summed E-state index contributed by atoms with van der Waals surface area (Å²) in [7, 11) is 2.60. The highest BCUT2D eigenvalue weighted by Gasteiger charge is 2.31. The summed E-state index contributed by atoms with van der Waals surface area (Å²) in [6, 6.07) is 7.79. The molecular formula is C23H26F3NO6. The molecule has 0 spiro atoms. The number of amides is 1. The van der Waals surface area contributed by atoms with Crippen molar-refractivity contribution in [1.82, 2.24) is 4.90 Å². The summed E-state index contributed by atoms with van der Waals surface area (Å²) in [4.78, 5) is 25.0. The van der Waals surface area contributed by atoms with Crippen LogP contribution in [0.25, 0.3) is 0 Å². The maximum Gasteiger partial charge on any atom is 0.416 e. The minimum atomic E-state index is -4.58. The second-order valence-electron chi connectivity index (χ2n) is 6.87. The Morgan fingerprint density at radius 1 is 0.970 bits per heavy atom. The highest BCUT2D eigenvalue weighted by molar-refractivity contribution is 5.73. The second kappa shape index (κ2) is 11.4. The van der Waals surface area contributed by atoms with Gasteiger partial charge < -0.3 is 23.8 Å². The first-order valence-electron chi connectivity index (χ1n) is 10.2. The highest BCUT2D eigenvalue weighted by Crippen LogP contribution is 2.38. The van der Waals surface area contributed by atoms with Crippen molar-refractivity contribution >= 4 is 12.1 Å². The fourth-order valence-electron chi connectivity index (χ4n) is 3.03. The number of esters is 1. The number of hydrogen-bond acceptors (Lipinski definition) is 6. The molecule has 10 heteroatoms. The van der Waals surface area contributed by atoms with Gasteiger partial charge in [-0.25, -0.2) is 4.79 Å². The van der Waals surface area contributed by atoms with Crippen LogP contribution in [0.1, 0.15) is 30.5 Å². The number of halogens is 3. The van der Waals surface area contributed by atoms with Gasteiger partial charge in [-0.15, -0.1) is 0 Å². The molecule has 0 bridgehead atoms. The van der Waals surface area contributed by atoms with Crippen LogP contribution in [-0.4, -0.2) is 44.3 Å². The molecular weight excluding hydrogens is 443 g/mol. The Kier molecular flexibility index (Phi) is 8.95. The lowest BCUT2D eigenvalue weighted by atomic mass is 10.1. The molecule has 0 saturated carbocycles. The fraction of sp³-hybridized carbons (Fsp3) is 0.391. The lowest BCUT2D eigenvalue weighted by Crippen LogP contribution is -2.30. The average Bonchev–Trinajstić information content (AvgIpc) is 2.77. The van der Waals surface area contributed by atoms with Gasteiger partial charge in [-0.1, -0.05) is 6.07 Å². The molecule has 2 aromatic rings. The van der Waals surface area contributed by atoms with Gasteiger partial charge in [-0.3, -0.25) is 4.79 Å². The lowest BCUT2D eigenvalue weighted by Gasteiger charge is -2.22. The highest BCUT2D eigenvalue weighted by atomic mass is 19.4. The van der Waals surface area contributed by atoms with Crippen LogP contribution in [0.5, 0.6) is 17.2 Å². The summed E-state index contributed by atoms with van der Waals surface area (Å²) >= 11 is 0. The summed E-state index contributed by atoms with van der Waals surface area (Å²) in [6.07, 6.45) is -5.28. The standard InChI is InChI=1S/C23H26F3NO6/c1-5-27(22(29)31-4)14-16-13-17(23(24,25)26)8-10-18(16)33-20-11-15(7-9-19(20)30-3)12-21(28)32-6-2/h7-11,13H,5-6,12,14H2,1-4H3. The Labute approximate surface area is 190 Å². The van der Waals surface area contributed by atoms with Crippen molar-refractivity contribution in [3.05, 3.63) is 53.1 Å². The number of carbonyl (C=O) groups excluding carboxylic acids is 2. The van der Waals surface area contributed by atoms with Crippen molar-refractivity contribution in [3.63, 3.8) is 0 Å². The third kappa shape index (κ3) is 7.03. The normalized spacial score (nSPS) is 11.0. The van der Waals surface area contributed by atoms with Gasteiger partial charge in [-0.05, 0) is 49.7 Å². The quantitative estimate of drug-likeness (QED) is 0.470. The topological polar surface area (TPSA) is 74.3 Å². The van der Waals surface area contributed by atoms with E-state index in [-0.39, 0.29) is 43.2 Å². The molecule has 180 valence electrons. The largest absolute Gasteiger partial charge is 0.493 e. The summed E-state index contributed by atoms with van der Waals surface area (Å²) < 4.78 is 60.8. The fourth-order valence-corrected chi connectivity index (χ4v) is 3.03. The number of carbonyl (C=O) groups is 2. The minimum Gasteiger partial charge on any atom is -0.493 e. The minimum absolute atomic E-state index is 0.0139. The zero-order chi connectivity index (χ0) is 24.6. The molecule has 0 aliphatic heterocycles. The van der Waals surface area contributed by atoms with Crippen LogP contribution in [0.15, 0.2) is 36.4 Å².